The van der Waals surface area contributed by atoms with Crippen molar-refractivity contribution in [3.8, 4) is 5.75 Å². The third kappa shape index (κ3) is 5.13. The Morgan fingerprint density at radius 2 is 1.85 bits per heavy atom. The Hall–Kier alpha value is -1.07. The summed E-state index contributed by atoms with van der Waals surface area (Å²) in [5.41, 5.74) is 0. The standard InChI is InChI=1S/C15H25NO3S/c1-4-6-7-13(5-2)12-16-20(17,18)15-10-8-14(19-3)9-11-15/h8-11,13,16H,4-7,12H2,1-3H3/t13-/m1/s1. The molecule has 0 fully saturated rings. The molecule has 0 saturated heterocycles. The van der Waals surface area contributed by atoms with E-state index in [1.165, 1.54) is 0 Å². The molecular weight excluding hydrogens is 274 g/mol. The van der Waals surface area contributed by atoms with Crippen LogP contribution in [0.25, 0.3) is 0 Å². The van der Waals surface area contributed by atoms with Gasteiger partial charge in [0.2, 0.25) is 10.0 Å². The van der Waals surface area contributed by atoms with E-state index in [-0.39, 0.29) is 4.90 Å². The van der Waals surface area contributed by atoms with Crippen LogP contribution in [0.1, 0.15) is 39.5 Å². The largest absolute Gasteiger partial charge is 0.497 e. The van der Waals surface area contributed by atoms with Crippen molar-refractivity contribution in [1.29, 1.82) is 0 Å². The Morgan fingerprint density at radius 1 is 1.20 bits per heavy atom. The van der Waals surface area contributed by atoms with Gasteiger partial charge in [0.25, 0.3) is 0 Å². The number of hydrogen-bond donors (Lipinski definition) is 1. The van der Waals surface area contributed by atoms with E-state index in [1.807, 2.05) is 0 Å². The first-order chi connectivity index (χ1) is 9.53. The number of benzene rings is 1. The average Bonchev–Trinajstić information content (AvgIpc) is 2.47. The van der Waals surface area contributed by atoms with Crippen molar-refractivity contribution in [2.45, 2.75) is 44.4 Å². The molecule has 0 amide bonds. The smallest absolute Gasteiger partial charge is 0.240 e. The molecular formula is C15H25NO3S. The molecule has 0 saturated carbocycles. The van der Waals surface area contributed by atoms with Crippen LogP contribution < -0.4 is 9.46 Å². The fraction of sp³-hybridized carbons (Fsp3) is 0.600. The Kier molecular flexibility index (Phi) is 7.02. The second-order valence-electron chi connectivity index (χ2n) is 4.94. The van der Waals surface area contributed by atoms with E-state index in [2.05, 4.69) is 18.6 Å². The summed E-state index contributed by atoms with van der Waals surface area (Å²) in [6.45, 7) is 4.75. The Labute approximate surface area is 122 Å². The van der Waals surface area contributed by atoms with Gasteiger partial charge < -0.3 is 4.74 Å². The molecule has 0 aliphatic heterocycles. The summed E-state index contributed by atoms with van der Waals surface area (Å²) in [5, 5.41) is 0. The summed E-state index contributed by atoms with van der Waals surface area (Å²) in [4.78, 5) is 0.281. The van der Waals surface area contributed by atoms with Gasteiger partial charge in [-0.1, -0.05) is 33.1 Å². The van der Waals surface area contributed by atoms with Crippen LogP contribution in [0, 0.1) is 5.92 Å². The lowest BCUT2D eigenvalue weighted by Gasteiger charge is -2.15. The zero-order chi connectivity index (χ0) is 15.0. The summed E-state index contributed by atoms with van der Waals surface area (Å²) < 4.78 is 32.1. The average molecular weight is 299 g/mol. The first-order valence-electron chi connectivity index (χ1n) is 7.17. The van der Waals surface area contributed by atoms with Gasteiger partial charge in [0.05, 0.1) is 12.0 Å². The lowest BCUT2D eigenvalue weighted by Crippen LogP contribution is -2.29. The molecule has 1 rings (SSSR count). The number of sulfonamides is 1. The molecule has 20 heavy (non-hydrogen) atoms. The van der Waals surface area contributed by atoms with E-state index in [0.29, 0.717) is 18.2 Å². The molecule has 0 aliphatic carbocycles. The Balaban J connectivity index is 2.63. The van der Waals surface area contributed by atoms with Crippen molar-refractivity contribution in [3.05, 3.63) is 24.3 Å². The highest BCUT2D eigenvalue weighted by Gasteiger charge is 2.16. The molecule has 4 nitrogen and oxygen atoms in total. The molecule has 0 aromatic heterocycles. The van der Waals surface area contributed by atoms with Crippen LogP contribution in [-0.2, 0) is 10.0 Å². The predicted molar refractivity (Wildman–Crippen MR) is 81.5 cm³/mol. The fourth-order valence-corrected chi connectivity index (χ4v) is 3.13. The van der Waals surface area contributed by atoms with E-state index in [9.17, 15) is 8.42 Å². The minimum atomic E-state index is -3.42. The zero-order valence-electron chi connectivity index (χ0n) is 12.6. The second kappa shape index (κ2) is 8.27. The lowest BCUT2D eigenvalue weighted by molar-refractivity contribution is 0.414. The number of nitrogens with one attached hydrogen (secondary N) is 1. The number of unbranched alkanes of at least 4 members (excludes halogenated alkanes) is 1. The molecule has 0 unspecified atom stereocenters. The molecule has 1 aromatic carbocycles. The predicted octanol–water partition coefficient (Wildman–Crippen LogP) is 3.19. The Bertz CT molecular complexity index is 482. The molecule has 0 spiro atoms. The van der Waals surface area contributed by atoms with Gasteiger partial charge in [-0.15, -0.1) is 0 Å². The highest BCUT2D eigenvalue weighted by molar-refractivity contribution is 7.89. The molecule has 1 N–H and O–H groups in total. The second-order valence-corrected chi connectivity index (χ2v) is 6.71. The highest BCUT2D eigenvalue weighted by Crippen LogP contribution is 2.17. The summed E-state index contributed by atoms with van der Waals surface area (Å²) >= 11 is 0. The van der Waals surface area contributed by atoms with Crippen molar-refractivity contribution < 1.29 is 13.2 Å². The normalized spacial score (nSPS) is 13.2. The van der Waals surface area contributed by atoms with Gasteiger partial charge in [-0.3, -0.25) is 0 Å². The monoisotopic (exact) mass is 299 g/mol. The van der Waals surface area contributed by atoms with Crippen molar-refractivity contribution in [2.75, 3.05) is 13.7 Å². The lowest BCUT2D eigenvalue weighted by atomic mass is 10.00. The van der Waals surface area contributed by atoms with Crippen LogP contribution in [0.2, 0.25) is 0 Å². The first kappa shape index (κ1) is 17.0. The van der Waals surface area contributed by atoms with Gasteiger partial charge >= 0.3 is 0 Å². The fourth-order valence-electron chi connectivity index (χ4n) is 2.01. The molecule has 1 aromatic rings. The van der Waals surface area contributed by atoms with Gasteiger partial charge in [-0.2, -0.15) is 0 Å². The van der Waals surface area contributed by atoms with Crippen molar-refractivity contribution >= 4 is 10.0 Å². The summed E-state index contributed by atoms with van der Waals surface area (Å²) in [5.74, 6) is 1.06. The number of methoxy groups -OCH3 is 1. The number of hydrogen-bond acceptors (Lipinski definition) is 3. The molecule has 1 atom stereocenters. The maximum absolute atomic E-state index is 12.2. The minimum absolute atomic E-state index is 0.281. The quantitative estimate of drug-likeness (QED) is 0.762. The van der Waals surface area contributed by atoms with Gasteiger partial charge in [-0.25, -0.2) is 13.1 Å². The maximum atomic E-state index is 12.2. The van der Waals surface area contributed by atoms with Gasteiger partial charge in [0, 0.05) is 6.54 Å². The van der Waals surface area contributed by atoms with Gasteiger partial charge in [0.15, 0.2) is 0 Å². The number of ether oxygens (including phenoxy) is 1. The topological polar surface area (TPSA) is 55.4 Å². The number of rotatable bonds is 9. The van der Waals surface area contributed by atoms with Crippen molar-refractivity contribution in [2.24, 2.45) is 5.92 Å². The minimum Gasteiger partial charge on any atom is -0.497 e. The summed E-state index contributed by atoms with van der Waals surface area (Å²) in [7, 11) is -1.86. The molecule has 0 bridgehead atoms. The molecule has 114 valence electrons. The SMILES string of the molecule is CCCC[C@@H](CC)CNS(=O)(=O)c1ccc(OC)cc1. The van der Waals surface area contributed by atoms with E-state index in [0.717, 1.165) is 25.7 Å². The summed E-state index contributed by atoms with van der Waals surface area (Å²) in [6.07, 6.45) is 4.34. The highest BCUT2D eigenvalue weighted by atomic mass is 32.2. The van der Waals surface area contributed by atoms with Gasteiger partial charge in [0.1, 0.15) is 5.75 Å². The molecule has 0 heterocycles. The zero-order valence-corrected chi connectivity index (χ0v) is 13.4. The van der Waals surface area contributed by atoms with Crippen LogP contribution in [0.4, 0.5) is 0 Å². The van der Waals surface area contributed by atoms with Crippen LogP contribution in [-0.4, -0.2) is 22.1 Å². The Morgan fingerprint density at radius 3 is 2.35 bits per heavy atom. The van der Waals surface area contributed by atoms with E-state index in [4.69, 9.17) is 4.74 Å². The van der Waals surface area contributed by atoms with Crippen molar-refractivity contribution in [1.82, 2.24) is 4.72 Å². The molecule has 0 radical (unpaired) electrons. The van der Waals surface area contributed by atoms with E-state index < -0.39 is 10.0 Å². The third-order valence-electron chi connectivity index (χ3n) is 3.48. The van der Waals surface area contributed by atoms with Gasteiger partial charge in [-0.05, 0) is 36.6 Å². The van der Waals surface area contributed by atoms with E-state index >= 15 is 0 Å². The maximum Gasteiger partial charge on any atom is 0.240 e. The summed E-state index contributed by atoms with van der Waals surface area (Å²) in [6, 6.07) is 6.44. The molecule has 5 heteroatoms. The third-order valence-corrected chi connectivity index (χ3v) is 4.91. The van der Waals surface area contributed by atoms with Crippen LogP contribution in [0.15, 0.2) is 29.2 Å². The van der Waals surface area contributed by atoms with Crippen molar-refractivity contribution in [3.63, 3.8) is 0 Å². The van der Waals surface area contributed by atoms with Crippen LogP contribution in [0.3, 0.4) is 0 Å². The molecule has 0 aliphatic rings. The van der Waals surface area contributed by atoms with E-state index in [1.54, 1.807) is 31.4 Å². The van der Waals surface area contributed by atoms with Crippen LogP contribution >= 0.6 is 0 Å². The van der Waals surface area contributed by atoms with Crippen LogP contribution in [0.5, 0.6) is 5.75 Å². The first-order valence-corrected chi connectivity index (χ1v) is 8.65.